The molecule has 1 amide bonds. The minimum Gasteiger partial charge on any atom is -0.368 e. The Morgan fingerprint density at radius 2 is 2.39 bits per heavy atom. The number of nitrogens with one attached hydrogen (secondary N) is 2. The molecule has 0 aliphatic rings. The lowest BCUT2D eigenvalue weighted by Gasteiger charge is -2.27. The van der Waals surface area contributed by atoms with E-state index < -0.39 is 5.54 Å². The van der Waals surface area contributed by atoms with Crippen LogP contribution in [0.15, 0.2) is 5.16 Å². The number of carbonyl (C=O) groups excluding carboxylic acids is 1. The van der Waals surface area contributed by atoms with Crippen molar-refractivity contribution >= 4 is 23.6 Å². The number of nitrogen functional groups attached to an aromatic ring is 1. The Bertz CT molecular complexity index is 465. The van der Waals surface area contributed by atoms with E-state index in [9.17, 15) is 4.79 Å². The van der Waals surface area contributed by atoms with Gasteiger partial charge in [0.1, 0.15) is 5.54 Å². The molecule has 0 bridgehead atoms. The molecule has 0 unspecified atom stereocenters. The van der Waals surface area contributed by atoms with Crippen molar-refractivity contribution in [2.45, 2.75) is 31.5 Å². The molecule has 0 radical (unpaired) electrons. The molecule has 1 aromatic heterocycles. The van der Waals surface area contributed by atoms with Gasteiger partial charge < -0.3 is 11.1 Å². The first kappa shape index (κ1) is 14.3. The lowest BCUT2D eigenvalue weighted by molar-refractivity contribution is -0.120. The quantitative estimate of drug-likeness (QED) is 0.670. The molecule has 18 heavy (non-hydrogen) atoms. The second-order valence-electron chi connectivity index (χ2n) is 4.31. The SMILES string of the molecule is CC(C)[C@@](C)(C#N)NC(=O)CSc1n[nH]c(N)n1. The summed E-state index contributed by atoms with van der Waals surface area (Å²) in [6.45, 7) is 5.46. The van der Waals surface area contributed by atoms with E-state index in [1.165, 1.54) is 0 Å². The Morgan fingerprint density at radius 3 is 2.83 bits per heavy atom. The van der Waals surface area contributed by atoms with E-state index in [2.05, 4.69) is 26.6 Å². The zero-order chi connectivity index (χ0) is 13.8. The van der Waals surface area contributed by atoms with Gasteiger partial charge >= 0.3 is 0 Å². The average molecular weight is 268 g/mol. The smallest absolute Gasteiger partial charge is 0.231 e. The van der Waals surface area contributed by atoms with Gasteiger partial charge in [-0.15, -0.1) is 5.10 Å². The van der Waals surface area contributed by atoms with Crippen molar-refractivity contribution in [1.29, 1.82) is 5.26 Å². The molecule has 0 fully saturated rings. The van der Waals surface area contributed by atoms with Gasteiger partial charge in [-0.2, -0.15) is 10.2 Å². The zero-order valence-corrected chi connectivity index (χ0v) is 11.3. The van der Waals surface area contributed by atoms with Crippen LogP contribution in [0.3, 0.4) is 0 Å². The summed E-state index contributed by atoms with van der Waals surface area (Å²) in [4.78, 5) is 15.6. The van der Waals surface area contributed by atoms with E-state index in [-0.39, 0.29) is 23.5 Å². The van der Waals surface area contributed by atoms with Crippen molar-refractivity contribution in [3.63, 3.8) is 0 Å². The number of nitrogens with zero attached hydrogens (tertiary/aromatic N) is 3. The number of thioether (sulfide) groups is 1. The van der Waals surface area contributed by atoms with Crippen LogP contribution in [-0.2, 0) is 4.79 Å². The van der Waals surface area contributed by atoms with Crippen LogP contribution in [0, 0.1) is 17.2 Å². The second-order valence-corrected chi connectivity index (χ2v) is 5.25. The second kappa shape index (κ2) is 5.73. The van der Waals surface area contributed by atoms with E-state index in [0.717, 1.165) is 11.8 Å². The highest BCUT2D eigenvalue weighted by Crippen LogP contribution is 2.17. The Morgan fingerprint density at radius 1 is 1.72 bits per heavy atom. The third-order valence-electron chi connectivity index (χ3n) is 2.60. The summed E-state index contributed by atoms with van der Waals surface area (Å²) in [5.74, 6) is 0.139. The largest absolute Gasteiger partial charge is 0.368 e. The van der Waals surface area contributed by atoms with Crippen molar-refractivity contribution in [1.82, 2.24) is 20.5 Å². The molecule has 1 heterocycles. The Labute approximate surface area is 110 Å². The average Bonchev–Trinajstić information content (AvgIpc) is 2.72. The summed E-state index contributed by atoms with van der Waals surface area (Å²) in [5, 5.41) is 18.5. The maximum atomic E-state index is 11.7. The number of nitrogens with two attached hydrogens (primary N) is 1. The summed E-state index contributed by atoms with van der Waals surface area (Å²) < 4.78 is 0. The van der Waals surface area contributed by atoms with Crippen molar-refractivity contribution in [3.8, 4) is 6.07 Å². The third-order valence-corrected chi connectivity index (χ3v) is 3.45. The highest BCUT2D eigenvalue weighted by atomic mass is 32.2. The van der Waals surface area contributed by atoms with Crippen LogP contribution >= 0.6 is 11.8 Å². The van der Waals surface area contributed by atoms with E-state index >= 15 is 0 Å². The summed E-state index contributed by atoms with van der Waals surface area (Å²) >= 11 is 1.16. The van der Waals surface area contributed by atoms with Gasteiger partial charge in [-0.1, -0.05) is 25.6 Å². The Hall–Kier alpha value is -1.75. The fourth-order valence-electron chi connectivity index (χ4n) is 1.08. The van der Waals surface area contributed by atoms with E-state index in [4.69, 9.17) is 11.0 Å². The predicted octanol–water partition coefficient (Wildman–Crippen LogP) is 0.533. The third kappa shape index (κ3) is 3.63. The maximum Gasteiger partial charge on any atom is 0.231 e. The molecule has 8 heteroatoms. The number of rotatable bonds is 5. The lowest BCUT2D eigenvalue weighted by Crippen LogP contribution is -2.49. The van der Waals surface area contributed by atoms with Crippen molar-refractivity contribution in [3.05, 3.63) is 0 Å². The Kier molecular flexibility index (Phi) is 4.55. The molecule has 0 aromatic carbocycles. The van der Waals surface area contributed by atoms with Gasteiger partial charge in [0.2, 0.25) is 17.0 Å². The van der Waals surface area contributed by atoms with Crippen molar-refractivity contribution in [2.24, 2.45) is 5.92 Å². The zero-order valence-electron chi connectivity index (χ0n) is 10.5. The normalized spacial score (nSPS) is 13.9. The molecule has 0 spiro atoms. The van der Waals surface area contributed by atoms with Crippen LogP contribution < -0.4 is 11.1 Å². The fraction of sp³-hybridized carbons (Fsp3) is 0.600. The molecule has 7 nitrogen and oxygen atoms in total. The van der Waals surface area contributed by atoms with Gasteiger partial charge in [-0.25, -0.2) is 5.10 Å². The minimum absolute atomic E-state index is 0.0237. The number of H-pyrrole nitrogens is 1. The van der Waals surface area contributed by atoms with E-state index in [0.29, 0.717) is 5.16 Å². The van der Waals surface area contributed by atoms with E-state index in [1.807, 2.05) is 13.8 Å². The van der Waals surface area contributed by atoms with E-state index in [1.54, 1.807) is 6.92 Å². The predicted molar refractivity (Wildman–Crippen MR) is 68.5 cm³/mol. The monoisotopic (exact) mass is 268 g/mol. The topological polar surface area (TPSA) is 120 Å². The standard InChI is InChI=1S/C10H16N6OS/c1-6(2)10(3,5-11)14-7(17)4-18-9-13-8(12)15-16-9/h6H,4H2,1-3H3,(H,14,17)(H3,12,13,15,16)/t10-/m1/s1. The lowest BCUT2D eigenvalue weighted by atomic mass is 9.90. The molecule has 0 saturated heterocycles. The molecule has 0 saturated carbocycles. The first-order valence-electron chi connectivity index (χ1n) is 5.40. The highest BCUT2D eigenvalue weighted by Gasteiger charge is 2.29. The van der Waals surface area contributed by atoms with Gasteiger partial charge in [0.25, 0.3) is 0 Å². The molecule has 0 aliphatic heterocycles. The van der Waals surface area contributed by atoms with Gasteiger partial charge in [-0.3, -0.25) is 4.79 Å². The van der Waals surface area contributed by atoms with Gasteiger partial charge in [0, 0.05) is 0 Å². The number of aromatic nitrogens is 3. The van der Waals surface area contributed by atoms with Crippen LogP contribution in [0.5, 0.6) is 0 Å². The number of aromatic amines is 1. The molecular weight excluding hydrogens is 252 g/mol. The number of amides is 1. The maximum absolute atomic E-state index is 11.7. The van der Waals surface area contributed by atoms with Crippen LogP contribution in [-0.4, -0.2) is 32.4 Å². The van der Waals surface area contributed by atoms with Crippen molar-refractivity contribution < 1.29 is 4.79 Å². The minimum atomic E-state index is -0.865. The first-order valence-corrected chi connectivity index (χ1v) is 6.39. The molecule has 1 rings (SSSR count). The van der Waals surface area contributed by atoms with Gasteiger partial charge in [0.05, 0.1) is 11.8 Å². The van der Waals surface area contributed by atoms with Crippen LogP contribution in [0.4, 0.5) is 5.95 Å². The van der Waals surface area contributed by atoms with Crippen LogP contribution in [0.1, 0.15) is 20.8 Å². The number of hydrogen-bond acceptors (Lipinski definition) is 6. The molecule has 4 N–H and O–H groups in total. The number of nitriles is 1. The van der Waals surface area contributed by atoms with Gasteiger partial charge in [-0.05, 0) is 12.8 Å². The van der Waals surface area contributed by atoms with Crippen LogP contribution in [0.25, 0.3) is 0 Å². The Balaban J connectivity index is 2.50. The van der Waals surface area contributed by atoms with Gasteiger partial charge in [0.15, 0.2) is 0 Å². The number of hydrogen-bond donors (Lipinski definition) is 3. The summed E-state index contributed by atoms with van der Waals surface area (Å²) in [6, 6.07) is 2.11. The number of carbonyl (C=O) groups is 1. The summed E-state index contributed by atoms with van der Waals surface area (Å²) in [5.41, 5.74) is 4.50. The molecule has 1 atom stereocenters. The fourth-order valence-corrected chi connectivity index (χ4v) is 1.69. The highest BCUT2D eigenvalue weighted by molar-refractivity contribution is 7.99. The number of anilines is 1. The first-order chi connectivity index (χ1) is 8.37. The summed E-state index contributed by atoms with van der Waals surface area (Å²) in [7, 11) is 0. The van der Waals surface area contributed by atoms with Crippen LogP contribution in [0.2, 0.25) is 0 Å². The molecule has 98 valence electrons. The van der Waals surface area contributed by atoms with Crippen molar-refractivity contribution in [2.75, 3.05) is 11.5 Å². The summed E-state index contributed by atoms with van der Waals surface area (Å²) in [6.07, 6.45) is 0. The molecule has 0 aliphatic carbocycles. The molecule has 1 aromatic rings. The molecular formula is C10H16N6OS.